The van der Waals surface area contributed by atoms with Crippen molar-refractivity contribution in [1.82, 2.24) is 0 Å². The minimum absolute atomic E-state index is 0.0738. The standard InChI is InChI=1S/C27H25F6NO3/c1-16(2)11-24(25(35)36)20-12-19(18-5-7-21(8-6-18)26(28,29)30)13-22(14-20)34-15-17-3-9-23(10-4-17)37-27(31,32)33/h3-10,12-14,16,24,34H,11,15H2,1-2H3,(H,35,36)/t24-/m1/s1. The number of alkyl halides is 6. The van der Waals surface area contributed by atoms with E-state index in [0.717, 1.165) is 12.1 Å². The van der Waals surface area contributed by atoms with Crippen LogP contribution >= 0.6 is 0 Å². The van der Waals surface area contributed by atoms with E-state index in [9.17, 15) is 36.2 Å². The van der Waals surface area contributed by atoms with E-state index in [1.807, 2.05) is 13.8 Å². The summed E-state index contributed by atoms with van der Waals surface area (Å²) in [4.78, 5) is 12.0. The summed E-state index contributed by atoms with van der Waals surface area (Å²) in [6.45, 7) is 3.98. The van der Waals surface area contributed by atoms with Crippen LogP contribution in [0.2, 0.25) is 0 Å². The molecule has 1 atom stereocenters. The number of rotatable bonds is 9. The van der Waals surface area contributed by atoms with E-state index in [0.29, 0.717) is 34.4 Å². The fourth-order valence-corrected chi connectivity index (χ4v) is 3.84. The summed E-state index contributed by atoms with van der Waals surface area (Å²) < 4.78 is 80.0. The predicted molar refractivity (Wildman–Crippen MR) is 127 cm³/mol. The van der Waals surface area contributed by atoms with Crippen molar-refractivity contribution in [2.45, 2.75) is 45.3 Å². The molecule has 0 saturated carbocycles. The van der Waals surface area contributed by atoms with E-state index in [2.05, 4.69) is 10.1 Å². The second kappa shape index (κ2) is 11.1. The number of benzene rings is 3. The molecule has 0 aliphatic heterocycles. The minimum Gasteiger partial charge on any atom is -0.481 e. The first-order chi connectivity index (χ1) is 17.2. The maximum atomic E-state index is 13.0. The van der Waals surface area contributed by atoms with Crippen LogP contribution in [-0.2, 0) is 17.5 Å². The molecular weight excluding hydrogens is 500 g/mol. The smallest absolute Gasteiger partial charge is 0.481 e. The molecule has 0 unspecified atom stereocenters. The van der Waals surface area contributed by atoms with Gasteiger partial charge in [0, 0.05) is 12.2 Å². The second-order valence-corrected chi connectivity index (χ2v) is 8.98. The van der Waals surface area contributed by atoms with Crippen molar-refractivity contribution in [2.75, 3.05) is 5.32 Å². The van der Waals surface area contributed by atoms with Gasteiger partial charge >= 0.3 is 18.5 Å². The molecule has 0 heterocycles. The molecule has 3 aromatic carbocycles. The van der Waals surface area contributed by atoms with Crippen molar-refractivity contribution in [3.8, 4) is 16.9 Å². The molecule has 0 fully saturated rings. The molecule has 10 heteroatoms. The lowest BCUT2D eigenvalue weighted by Crippen LogP contribution is -2.17. The quantitative estimate of drug-likeness (QED) is 0.277. The molecule has 0 amide bonds. The molecule has 0 aromatic heterocycles. The molecule has 0 saturated heterocycles. The second-order valence-electron chi connectivity index (χ2n) is 8.98. The predicted octanol–water partition coefficient (Wildman–Crippen LogP) is 8.10. The number of anilines is 1. The number of hydrogen-bond donors (Lipinski definition) is 2. The van der Waals surface area contributed by atoms with E-state index < -0.39 is 30.0 Å². The Morgan fingerprint density at radius 2 is 1.51 bits per heavy atom. The molecular formula is C27H25F6NO3. The number of ether oxygens (including phenoxy) is 1. The largest absolute Gasteiger partial charge is 0.573 e. The lowest BCUT2D eigenvalue weighted by atomic mass is 9.88. The summed E-state index contributed by atoms with van der Waals surface area (Å²) in [7, 11) is 0. The lowest BCUT2D eigenvalue weighted by Gasteiger charge is -2.19. The van der Waals surface area contributed by atoms with Gasteiger partial charge in [-0.05, 0) is 71.0 Å². The molecule has 4 nitrogen and oxygen atoms in total. The van der Waals surface area contributed by atoms with Gasteiger partial charge in [0.2, 0.25) is 0 Å². The average molecular weight is 525 g/mol. The molecule has 198 valence electrons. The molecule has 0 aliphatic rings. The van der Waals surface area contributed by atoms with E-state index in [4.69, 9.17) is 0 Å². The Balaban J connectivity index is 1.92. The Hall–Kier alpha value is -3.69. The minimum atomic E-state index is -4.80. The summed E-state index contributed by atoms with van der Waals surface area (Å²) >= 11 is 0. The number of halogens is 6. The summed E-state index contributed by atoms with van der Waals surface area (Å²) in [5.74, 6) is -2.15. The summed E-state index contributed by atoms with van der Waals surface area (Å²) in [5.41, 5.74) is 1.82. The summed E-state index contributed by atoms with van der Waals surface area (Å²) in [5, 5.41) is 13.0. The molecule has 37 heavy (non-hydrogen) atoms. The van der Waals surface area contributed by atoms with Crippen LogP contribution in [0.25, 0.3) is 11.1 Å². The molecule has 0 bridgehead atoms. The molecule has 2 N–H and O–H groups in total. The summed E-state index contributed by atoms with van der Waals surface area (Å²) in [6.07, 6.45) is -8.93. The van der Waals surface area contributed by atoms with Crippen LogP contribution < -0.4 is 10.1 Å². The Morgan fingerprint density at radius 3 is 2.03 bits per heavy atom. The topological polar surface area (TPSA) is 58.6 Å². The number of carbonyl (C=O) groups is 1. The lowest BCUT2D eigenvalue weighted by molar-refractivity contribution is -0.274. The van der Waals surface area contributed by atoms with Gasteiger partial charge in [-0.2, -0.15) is 13.2 Å². The Kier molecular flexibility index (Phi) is 8.40. The third-order valence-corrected chi connectivity index (χ3v) is 5.56. The van der Waals surface area contributed by atoms with Gasteiger partial charge in [-0.3, -0.25) is 4.79 Å². The fraction of sp³-hybridized carbons (Fsp3) is 0.296. The van der Waals surface area contributed by atoms with Crippen LogP contribution in [0.1, 0.15) is 42.9 Å². The van der Waals surface area contributed by atoms with Gasteiger partial charge in [-0.1, -0.05) is 44.2 Å². The van der Waals surface area contributed by atoms with Gasteiger partial charge in [0.1, 0.15) is 5.75 Å². The van der Waals surface area contributed by atoms with Crippen molar-refractivity contribution in [2.24, 2.45) is 5.92 Å². The Bertz CT molecular complexity index is 1200. The first-order valence-electron chi connectivity index (χ1n) is 11.4. The van der Waals surface area contributed by atoms with Gasteiger partial charge in [-0.15, -0.1) is 13.2 Å². The fourth-order valence-electron chi connectivity index (χ4n) is 3.84. The Labute approximate surface area is 209 Å². The highest BCUT2D eigenvalue weighted by atomic mass is 19.4. The zero-order valence-corrected chi connectivity index (χ0v) is 20.0. The van der Waals surface area contributed by atoms with E-state index >= 15 is 0 Å². The first-order valence-corrected chi connectivity index (χ1v) is 11.4. The van der Waals surface area contributed by atoms with Gasteiger partial charge < -0.3 is 15.2 Å². The molecule has 0 aliphatic carbocycles. The monoisotopic (exact) mass is 525 g/mol. The van der Waals surface area contributed by atoms with Crippen molar-refractivity contribution in [3.63, 3.8) is 0 Å². The number of hydrogen-bond acceptors (Lipinski definition) is 3. The maximum Gasteiger partial charge on any atom is 0.573 e. The van der Waals surface area contributed by atoms with Gasteiger partial charge in [0.25, 0.3) is 0 Å². The summed E-state index contributed by atoms with van der Waals surface area (Å²) in [6, 6.07) is 14.8. The van der Waals surface area contributed by atoms with E-state index in [1.165, 1.54) is 36.4 Å². The zero-order chi connectivity index (χ0) is 27.4. The number of carboxylic acids is 1. The van der Waals surface area contributed by atoms with Crippen LogP contribution in [0.5, 0.6) is 5.75 Å². The first kappa shape index (κ1) is 27.9. The average Bonchev–Trinajstić information content (AvgIpc) is 2.80. The molecule has 0 spiro atoms. The van der Waals surface area contributed by atoms with Crippen LogP contribution in [0, 0.1) is 5.92 Å². The molecule has 0 radical (unpaired) electrons. The number of aliphatic carboxylic acids is 1. The van der Waals surface area contributed by atoms with Crippen molar-refractivity contribution < 1.29 is 41.0 Å². The normalized spacial score (nSPS) is 12.9. The number of nitrogens with one attached hydrogen (secondary N) is 1. The van der Waals surface area contributed by atoms with E-state index in [1.54, 1.807) is 18.2 Å². The van der Waals surface area contributed by atoms with Crippen molar-refractivity contribution in [3.05, 3.63) is 83.4 Å². The van der Waals surface area contributed by atoms with Gasteiger partial charge in [0.15, 0.2) is 0 Å². The highest BCUT2D eigenvalue weighted by Crippen LogP contribution is 2.34. The highest BCUT2D eigenvalue weighted by Gasteiger charge is 2.31. The third kappa shape index (κ3) is 8.16. The highest BCUT2D eigenvalue weighted by molar-refractivity contribution is 5.79. The van der Waals surface area contributed by atoms with Crippen LogP contribution in [0.15, 0.2) is 66.7 Å². The van der Waals surface area contributed by atoms with Gasteiger partial charge in [0.05, 0.1) is 11.5 Å². The van der Waals surface area contributed by atoms with Crippen LogP contribution in [-0.4, -0.2) is 17.4 Å². The maximum absolute atomic E-state index is 13.0. The molecule has 3 aromatic rings. The van der Waals surface area contributed by atoms with E-state index in [-0.39, 0.29) is 18.2 Å². The number of carboxylic acid groups (broad SMARTS) is 1. The van der Waals surface area contributed by atoms with Crippen molar-refractivity contribution in [1.29, 1.82) is 0 Å². The molecule has 3 rings (SSSR count). The zero-order valence-electron chi connectivity index (χ0n) is 20.0. The SMILES string of the molecule is CC(C)C[C@@H](C(=O)O)c1cc(NCc2ccc(OC(F)(F)F)cc2)cc(-c2ccc(C(F)(F)F)cc2)c1. The third-order valence-electron chi connectivity index (χ3n) is 5.56. The van der Waals surface area contributed by atoms with Crippen LogP contribution in [0.3, 0.4) is 0 Å². The van der Waals surface area contributed by atoms with Crippen molar-refractivity contribution >= 4 is 11.7 Å². The van der Waals surface area contributed by atoms with Crippen LogP contribution in [0.4, 0.5) is 32.0 Å². The Morgan fingerprint density at radius 1 is 0.892 bits per heavy atom. The van der Waals surface area contributed by atoms with Gasteiger partial charge in [-0.25, -0.2) is 0 Å².